The highest BCUT2D eigenvalue weighted by Crippen LogP contribution is 2.24. The second-order valence-electron chi connectivity index (χ2n) is 7.24. The fraction of sp³-hybridized carbons (Fsp3) is 0.318. The first kappa shape index (κ1) is 19.1. The van der Waals surface area contributed by atoms with Crippen LogP contribution in [0.4, 0.5) is 5.69 Å². The molecule has 1 aliphatic heterocycles. The first-order valence-corrected chi connectivity index (χ1v) is 9.88. The Morgan fingerprint density at radius 1 is 1.17 bits per heavy atom. The van der Waals surface area contributed by atoms with Crippen LogP contribution in [0, 0.1) is 0 Å². The minimum atomic E-state index is -0.147. The summed E-state index contributed by atoms with van der Waals surface area (Å²) in [5.41, 5.74) is 0.760. The second-order valence-corrected chi connectivity index (χ2v) is 7.24. The Bertz CT molecular complexity index is 939. The summed E-state index contributed by atoms with van der Waals surface area (Å²) < 4.78 is 7.75. The third-order valence-corrected chi connectivity index (χ3v) is 5.17. The number of hydrogen-bond acceptors (Lipinski definition) is 5. The maximum Gasteiger partial charge on any atom is 0.241 e. The number of imidazole rings is 1. The topological polar surface area (TPSA) is 72.3 Å². The Morgan fingerprint density at radius 3 is 2.76 bits per heavy atom. The lowest BCUT2D eigenvalue weighted by Crippen LogP contribution is -2.46. The van der Waals surface area contributed by atoms with Crippen LogP contribution in [0.15, 0.2) is 61.2 Å². The summed E-state index contributed by atoms with van der Waals surface area (Å²) in [6, 6.07) is 10.9. The van der Waals surface area contributed by atoms with Gasteiger partial charge in [-0.25, -0.2) is 4.98 Å². The minimum absolute atomic E-state index is 0.0276. The number of carbonyl (C=O) groups excluding carboxylic acids is 1. The van der Waals surface area contributed by atoms with Crippen molar-refractivity contribution in [2.24, 2.45) is 7.05 Å². The fourth-order valence-corrected chi connectivity index (χ4v) is 3.58. The molecule has 3 aromatic rings. The molecule has 1 amide bonds. The van der Waals surface area contributed by atoms with Crippen molar-refractivity contribution in [3.63, 3.8) is 0 Å². The van der Waals surface area contributed by atoms with E-state index in [0.717, 1.165) is 37.3 Å². The number of nitrogens with one attached hydrogen (secondary N) is 1. The predicted molar refractivity (Wildman–Crippen MR) is 111 cm³/mol. The molecule has 1 aliphatic rings. The summed E-state index contributed by atoms with van der Waals surface area (Å²) in [4.78, 5) is 23.6. The van der Waals surface area contributed by atoms with E-state index in [0.29, 0.717) is 18.0 Å². The summed E-state index contributed by atoms with van der Waals surface area (Å²) >= 11 is 0. The molecule has 1 aromatic carbocycles. The highest BCUT2D eigenvalue weighted by molar-refractivity contribution is 5.94. The van der Waals surface area contributed by atoms with Crippen LogP contribution < -0.4 is 10.1 Å². The molecule has 0 radical (unpaired) electrons. The lowest BCUT2D eigenvalue weighted by atomic mass is 10.0. The average Bonchev–Trinajstić information content (AvgIpc) is 3.15. The van der Waals surface area contributed by atoms with Gasteiger partial charge < -0.3 is 14.6 Å². The lowest BCUT2D eigenvalue weighted by Gasteiger charge is -2.34. The number of aryl methyl sites for hydroxylation is 1. The molecule has 4 rings (SSSR count). The van der Waals surface area contributed by atoms with Crippen molar-refractivity contribution in [2.45, 2.75) is 31.8 Å². The van der Waals surface area contributed by atoms with E-state index in [1.807, 2.05) is 54.2 Å². The SMILES string of the molecule is Cn1ccnc1CN1CCCC[C@@H]1C(=O)Nc1ccc(Oc2cccnc2)cc1. The third kappa shape index (κ3) is 4.81. The van der Waals surface area contributed by atoms with Gasteiger partial charge in [-0.3, -0.25) is 14.7 Å². The highest BCUT2D eigenvalue weighted by Gasteiger charge is 2.29. The third-order valence-electron chi connectivity index (χ3n) is 5.17. The molecule has 2 aromatic heterocycles. The molecular formula is C22H25N5O2. The molecule has 1 fully saturated rings. The summed E-state index contributed by atoms with van der Waals surface area (Å²) in [6.07, 6.45) is 10.1. The quantitative estimate of drug-likeness (QED) is 0.695. The molecule has 0 saturated carbocycles. The zero-order chi connectivity index (χ0) is 20.1. The Morgan fingerprint density at radius 2 is 2.03 bits per heavy atom. The maximum absolute atomic E-state index is 12.9. The number of nitrogens with zero attached hydrogens (tertiary/aromatic N) is 4. The van der Waals surface area contributed by atoms with Gasteiger partial charge >= 0.3 is 0 Å². The van der Waals surface area contributed by atoms with Crippen molar-refractivity contribution in [1.82, 2.24) is 19.4 Å². The molecule has 29 heavy (non-hydrogen) atoms. The van der Waals surface area contributed by atoms with Gasteiger partial charge in [-0.1, -0.05) is 6.42 Å². The van der Waals surface area contributed by atoms with Crippen molar-refractivity contribution in [2.75, 3.05) is 11.9 Å². The monoisotopic (exact) mass is 391 g/mol. The largest absolute Gasteiger partial charge is 0.456 e. The Balaban J connectivity index is 1.38. The van der Waals surface area contributed by atoms with E-state index in [2.05, 4.69) is 20.2 Å². The standard InChI is InChI=1S/C22H25N5O2/c1-26-14-12-24-21(26)16-27-13-3-2-6-20(27)22(28)25-17-7-9-18(10-8-17)29-19-5-4-11-23-15-19/h4-5,7-12,14-15,20H,2-3,6,13,16H2,1H3,(H,25,28)/t20-/m1/s1. The number of amides is 1. The second kappa shape index (κ2) is 8.87. The smallest absolute Gasteiger partial charge is 0.241 e. The molecule has 3 heterocycles. The van der Waals surface area contributed by atoms with Crippen LogP contribution in [-0.4, -0.2) is 37.9 Å². The van der Waals surface area contributed by atoms with E-state index in [4.69, 9.17) is 4.74 Å². The molecular weight excluding hydrogens is 366 g/mol. The van der Waals surface area contributed by atoms with Gasteiger partial charge in [-0.2, -0.15) is 0 Å². The number of piperidine rings is 1. The predicted octanol–water partition coefficient (Wildman–Crippen LogP) is 3.60. The zero-order valence-electron chi connectivity index (χ0n) is 16.5. The molecule has 7 nitrogen and oxygen atoms in total. The first-order chi connectivity index (χ1) is 14.2. The normalized spacial score (nSPS) is 17.1. The molecule has 7 heteroatoms. The van der Waals surface area contributed by atoms with E-state index in [-0.39, 0.29) is 11.9 Å². The van der Waals surface area contributed by atoms with Crippen molar-refractivity contribution in [1.29, 1.82) is 0 Å². The number of aromatic nitrogens is 3. The molecule has 0 aliphatic carbocycles. The Labute approximate surface area is 170 Å². The number of likely N-dealkylation sites (tertiary alicyclic amines) is 1. The number of benzene rings is 1. The Kier molecular flexibility index (Phi) is 5.86. The first-order valence-electron chi connectivity index (χ1n) is 9.88. The van der Waals surface area contributed by atoms with Crippen LogP contribution in [0.1, 0.15) is 25.1 Å². The van der Waals surface area contributed by atoms with Crippen LogP contribution in [0.3, 0.4) is 0 Å². The molecule has 1 atom stereocenters. The van der Waals surface area contributed by atoms with Crippen molar-refractivity contribution in [3.8, 4) is 11.5 Å². The lowest BCUT2D eigenvalue weighted by molar-refractivity contribution is -0.122. The van der Waals surface area contributed by atoms with Gasteiger partial charge in [0.2, 0.25) is 5.91 Å². The van der Waals surface area contributed by atoms with Crippen LogP contribution in [0.5, 0.6) is 11.5 Å². The van der Waals surface area contributed by atoms with Crippen LogP contribution >= 0.6 is 0 Å². The van der Waals surface area contributed by atoms with Gasteiger partial charge in [-0.15, -0.1) is 0 Å². The maximum atomic E-state index is 12.9. The minimum Gasteiger partial charge on any atom is -0.456 e. The van der Waals surface area contributed by atoms with Gasteiger partial charge in [0.15, 0.2) is 0 Å². The summed E-state index contributed by atoms with van der Waals surface area (Å²) in [5, 5.41) is 3.05. The van der Waals surface area contributed by atoms with E-state index >= 15 is 0 Å². The molecule has 0 unspecified atom stereocenters. The van der Waals surface area contributed by atoms with E-state index in [1.54, 1.807) is 18.6 Å². The van der Waals surface area contributed by atoms with Gasteiger partial charge in [0, 0.05) is 31.3 Å². The van der Waals surface area contributed by atoms with Gasteiger partial charge in [0.05, 0.1) is 18.8 Å². The zero-order valence-corrected chi connectivity index (χ0v) is 16.5. The van der Waals surface area contributed by atoms with Gasteiger partial charge in [0.1, 0.15) is 17.3 Å². The molecule has 150 valence electrons. The van der Waals surface area contributed by atoms with Crippen molar-refractivity contribution < 1.29 is 9.53 Å². The van der Waals surface area contributed by atoms with Crippen LogP contribution in [-0.2, 0) is 18.4 Å². The number of anilines is 1. The Hall–Kier alpha value is -3.19. The van der Waals surface area contributed by atoms with E-state index in [1.165, 1.54) is 0 Å². The highest BCUT2D eigenvalue weighted by atomic mass is 16.5. The average molecular weight is 391 g/mol. The van der Waals surface area contributed by atoms with E-state index in [9.17, 15) is 4.79 Å². The van der Waals surface area contributed by atoms with Crippen LogP contribution in [0.25, 0.3) is 0 Å². The number of hydrogen-bond donors (Lipinski definition) is 1. The summed E-state index contributed by atoms with van der Waals surface area (Å²) in [7, 11) is 1.98. The fourth-order valence-electron chi connectivity index (χ4n) is 3.58. The van der Waals surface area contributed by atoms with Gasteiger partial charge in [0.25, 0.3) is 0 Å². The van der Waals surface area contributed by atoms with Crippen LogP contribution in [0.2, 0.25) is 0 Å². The van der Waals surface area contributed by atoms with Gasteiger partial charge in [-0.05, 0) is 55.8 Å². The molecule has 1 saturated heterocycles. The van der Waals surface area contributed by atoms with Crippen molar-refractivity contribution >= 4 is 11.6 Å². The van der Waals surface area contributed by atoms with Crippen molar-refractivity contribution in [3.05, 3.63) is 67.0 Å². The molecule has 0 spiro atoms. The number of pyridine rings is 1. The number of carbonyl (C=O) groups is 1. The molecule has 1 N–H and O–H groups in total. The van der Waals surface area contributed by atoms with E-state index < -0.39 is 0 Å². The summed E-state index contributed by atoms with van der Waals surface area (Å²) in [6.45, 7) is 1.59. The number of ether oxygens (including phenoxy) is 1. The number of rotatable bonds is 6. The summed E-state index contributed by atoms with van der Waals surface area (Å²) in [5.74, 6) is 2.38. The molecule has 0 bridgehead atoms.